The third-order valence-corrected chi connectivity index (χ3v) is 11.7. The fourth-order valence-electron chi connectivity index (χ4n) is 8.41. The standard InChI is InChI=1S/C46H41N7O6/c1-51-40-15-16-47-24-39(40)38-10-5-28(19-42(38)51)29-6-14-44(49-22-29)59-35-20-34(21-35)58-33-8-7-31(48-23-33)4-2-3-17-52-26-36(27-52)57-32-9-11-37-30(18-32)25-53(46(37)56)41-12-13-43(54)50-45(41)55/h5-11,14-16,18-19,22-24,34-36,41H,3,12-13,17,20-21,25-27H2,1H3,(H,50,54,55)/t34-,35-,41?. The Morgan fingerprint density at radius 3 is 2.44 bits per heavy atom. The third kappa shape index (κ3) is 7.32. The molecule has 3 fully saturated rings. The summed E-state index contributed by atoms with van der Waals surface area (Å²) >= 11 is 0. The number of pyridine rings is 3. The molecule has 0 bridgehead atoms. The van der Waals surface area contributed by atoms with Crippen LogP contribution in [-0.2, 0) is 23.2 Å². The van der Waals surface area contributed by atoms with Crippen LogP contribution >= 0.6 is 0 Å². The quantitative estimate of drug-likeness (QED) is 0.141. The molecule has 13 heteroatoms. The Balaban J connectivity index is 0.633. The highest BCUT2D eigenvalue weighted by molar-refractivity contribution is 6.08. The van der Waals surface area contributed by atoms with Crippen LogP contribution in [0.25, 0.3) is 32.9 Å². The fourth-order valence-corrected chi connectivity index (χ4v) is 8.41. The van der Waals surface area contributed by atoms with E-state index in [-0.39, 0.29) is 36.5 Å². The number of amides is 3. The van der Waals surface area contributed by atoms with E-state index < -0.39 is 11.9 Å². The number of aryl methyl sites for hydroxylation is 1. The van der Waals surface area contributed by atoms with Crippen molar-refractivity contribution in [1.29, 1.82) is 0 Å². The first-order valence-electron chi connectivity index (χ1n) is 20.0. The van der Waals surface area contributed by atoms with Crippen LogP contribution in [0.15, 0.2) is 91.5 Å². The summed E-state index contributed by atoms with van der Waals surface area (Å²) in [5.41, 5.74) is 6.56. The molecule has 4 aliphatic rings. The van der Waals surface area contributed by atoms with E-state index in [1.165, 1.54) is 5.39 Å². The molecule has 2 saturated heterocycles. The second-order valence-corrected chi connectivity index (χ2v) is 15.7. The number of hydrogen-bond donors (Lipinski definition) is 1. The molecule has 59 heavy (non-hydrogen) atoms. The van der Waals surface area contributed by atoms with Crippen molar-refractivity contribution in [3.63, 3.8) is 0 Å². The van der Waals surface area contributed by atoms with E-state index >= 15 is 0 Å². The van der Waals surface area contributed by atoms with Gasteiger partial charge >= 0.3 is 0 Å². The third-order valence-electron chi connectivity index (χ3n) is 11.7. The number of rotatable bonds is 10. The van der Waals surface area contributed by atoms with Crippen molar-refractivity contribution in [2.24, 2.45) is 7.05 Å². The van der Waals surface area contributed by atoms with Gasteiger partial charge in [-0.3, -0.25) is 29.6 Å². The predicted octanol–water partition coefficient (Wildman–Crippen LogP) is 5.44. The molecule has 10 rings (SSSR count). The first kappa shape index (κ1) is 36.6. The maximum absolute atomic E-state index is 13.0. The lowest BCUT2D eigenvalue weighted by Gasteiger charge is -2.38. The van der Waals surface area contributed by atoms with Crippen LogP contribution < -0.4 is 19.5 Å². The molecule has 0 spiro atoms. The first-order valence-corrected chi connectivity index (χ1v) is 20.0. The Hall–Kier alpha value is -6.78. The van der Waals surface area contributed by atoms with E-state index in [9.17, 15) is 14.4 Å². The summed E-state index contributed by atoms with van der Waals surface area (Å²) in [5, 5.41) is 4.68. The largest absolute Gasteiger partial charge is 0.489 e. The Morgan fingerprint density at radius 2 is 1.63 bits per heavy atom. The zero-order valence-corrected chi connectivity index (χ0v) is 32.5. The highest BCUT2D eigenvalue weighted by Gasteiger charge is 2.39. The molecule has 4 aromatic heterocycles. The van der Waals surface area contributed by atoms with Gasteiger partial charge in [0.15, 0.2) is 0 Å². The van der Waals surface area contributed by atoms with E-state index in [0.29, 0.717) is 48.0 Å². The number of aromatic nitrogens is 4. The second-order valence-electron chi connectivity index (χ2n) is 15.7. The van der Waals surface area contributed by atoms with Crippen LogP contribution in [0.5, 0.6) is 17.4 Å². The molecule has 1 aliphatic carbocycles. The smallest absolute Gasteiger partial charge is 0.255 e. The van der Waals surface area contributed by atoms with E-state index in [2.05, 4.69) is 72.9 Å². The molecule has 1 unspecified atom stereocenters. The van der Waals surface area contributed by atoms with Crippen molar-refractivity contribution in [3.8, 4) is 40.3 Å². The Morgan fingerprint density at radius 1 is 0.797 bits per heavy atom. The van der Waals surface area contributed by atoms with Crippen molar-refractivity contribution < 1.29 is 28.6 Å². The molecule has 296 valence electrons. The first-order chi connectivity index (χ1) is 28.8. The summed E-state index contributed by atoms with van der Waals surface area (Å²) in [4.78, 5) is 54.1. The van der Waals surface area contributed by atoms with Crippen molar-refractivity contribution in [2.45, 2.75) is 63.0 Å². The molecule has 1 atom stereocenters. The van der Waals surface area contributed by atoms with Gasteiger partial charge in [-0.2, -0.15) is 0 Å². The summed E-state index contributed by atoms with van der Waals surface area (Å²) < 4.78 is 20.7. The lowest BCUT2D eigenvalue weighted by molar-refractivity contribution is -0.136. The van der Waals surface area contributed by atoms with Crippen LogP contribution in [0.3, 0.4) is 0 Å². The molecular weight excluding hydrogens is 747 g/mol. The summed E-state index contributed by atoms with van der Waals surface area (Å²) in [7, 11) is 2.08. The van der Waals surface area contributed by atoms with E-state index in [1.54, 1.807) is 17.2 Å². The number of ether oxygens (including phenoxy) is 3. The van der Waals surface area contributed by atoms with Gasteiger partial charge in [0.2, 0.25) is 17.7 Å². The average molecular weight is 788 g/mol. The van der Waals surface area contributed by atoms with Crippen LogP contribution in [0.4, 0.5) is 0 Å². The number of hydrogen-bond acceptors (Lipinski definition) is 10. The van der Waals surface area contributed by atoms with Gasteiger partial charge in [0.05, 0.1) is 11.7 Å². The second kappa shape index (κ2) is 15.2. The minimum atomic E-state index is -0.629. The lowest BCUT2D eigenvalue weighted by Crippen LogP contribution is -2.53. The maximum Gasteiger partial charge on any atom is 0.255 e. The summed E-state index contributed by atoms with van der Waals surface area (Å²) in [6.07, 6.45) is 10.4. The van der Waals surface area contributed by atoms with Gasteiger partial charge in [-0.05, 0) is 72.0 Å². The molecule has 13 nitrogen and oxygen atoms in total. The SMILES string of the molecule is Cn1c2ccncc2c2ccc(-c3ccc(O[C@H]4C[C@H](Oc5ccc(C#CCCN6CC(Oc7ccc8c(c7)CN(C7CCC(=O)NC7=O)C8=O)C6)nc5)C4)nc3)cc21. The predicted molar refractivity (Wildman–Crippen MR) is 219 cm³/mol. The number of likely N-dealkylation sites (tertiary alicyclic amines) is 1. The summed E-state index contributed by atoms with van der Waals surface area (Å²) in [6.45, 7) is 2.75. The Bertz CT molecular complexity index is 2670. The van der Waals surface area contributed by atoms with Gasteiger partial charge in [0.1, 0.15) is 41.5 Å². The zero-order chi connectivity index (χ0) is 40.0. The number of carbonyl (C=O) groups excluding carboxylic acids is 3. The molecule has 3 aliphatic heterocycles. The number of nitrogens with zero attached hydrogens (tertiary/aromatic N) is 6. The fraction of sp³-hybridized carbons (Fsp3) is 0.304. The minimum absolute atomic E-state index is 0.0522. The highest BCUT2D eigenvalue weighted by atomic mass is 16.5. The van der Waals surface area contributed by atoms with Crippen LogP contribution in [0.1, 0.15) is 53.7 Å². The van der Waals surface area contributed by atoms with Crippen LogP contribution in [-0.4, -0.2) is 91.0 Å². The number of fused-ring (bicyclic) bond motifs is 4. The molecule has 7 heterocycles. The van der Waals surface area contributed by atoms with Crippen molar-refractivity contribution in [2.75, 3.05) is 19.6 Å². The summed E-state index contributed by atoms with van der Waals surface area (Å²) in [5.74, 6) is 7.52. The monoisotopic (exact) mass is 787 g/mol. The van der Waals surface area contributed by atoms with Gasteiger partial charge in [0, 0.05) is 111 Å². The van der Waals surface area contributed by atoms with Crippen molar-refractivity contribution in [3.05, 3.63) is 108 Å². The van der Waals surface area contributed by atoms with Gasteiger partial charge in [-0.1, -0.05) is 18.1 Å². The molecule has 6 aromatic rings. The van der Waals surface area contributed by atoms with E-state index in [1.807, 2.05) is 55.0 Å². The maximum atomic E-state index is 13.0. The van der Waals surface area contributed by atoms with Gasteiger partial charge in [0.25, 0.3) is 5.91 Å². The van der Waals surface area contributed by atoms with Crippen LogP contribution in [0.2, 0.25) is 0 Å². The zero-order valence-electron chi connectivity index (χ0n) is 32.5. The van der Waals surface area contributed by atoms with Gasteiger partial charge < -0.3 is 23.7 Å². The topological polar surface area (TPSA) is 141 Å². The average Bonchev–Trinajstić information content (AvgIpc) is 3.70. The van der Waals surface area contributed by atoms with E-state index in [4.69, 9.17) is 14.2 Å². The molecule has 1 N–H and O–H groups in total. The highest BCUT2D eigenvalue weighted by Crippen LogP contribution is 2.34. The van der Waals surface area contributed by atoms with E-state index in [0.717, 1.165) is 65.6 Å². The van der Waals surface area contributed by atoms with Gasteiger partial charge in [-0.25, -0.2) is 9.97 Å². The van der Waals surface area contributed by atoms with Crippen molar-refractivity contribution >= 4 is 39.5 Å². The minimum Gasteiger partial charge on any atom is -0.489 e. The Labute approximate surface area is 340 Å². The number of benzene rings is 2. The molecule has 0 radical (unpaired) electrons. The number of imide groups is 1. The van der Waals surface area contributed by atoms with Gasteiger partial charge in [-0.15, -0.1) is 0 Å². The van der Waals surface area contributed by atoms with Crippen molar-refractivity contribution in [1.82, 2.24) is 34.6 Å². The molecule has 1 saturated carbocycles. The summed E-state index contributed by atoms with van der Waals surface area (Å²) in [6, 6.07) is 21.1. The number of piperidine rings is 1. The number of nitrogens with one attached hydrogen (secondary N) is 1. The molecule has 3 amide bonds. The lowest BCUT2D eigenvalue weighted by atomic mass is 9.92. The van der Waals surface area contributed by atoms with Crippen LogP contribution in [0, 0.1) is 11.8 Å². The normalized spacial score (nSPS) is 20.4. The molecular formula is C46H41N7O6. The number of carbonyl (C=O) groups is 3. The molecule has 2 aromatic carbocycles. The Kier molecular flexibility index (Phi) is 9.41.